The summed E-state index contributed by atoms with van der Waals surface area (Å²) in [6.45, 7) is 7.45. The van der Waals surface area contributed by atoms with Crippen molar-refractivity contribution in [1.29, 1.82) is 0 Å². The van der Waals surface area contributed by atoms with E-state index >= 15 is 0 Å². The SMILES string of the molecule is CC(=O)Nc1ncc(CC(=O)SC(C)(C)C)s1. The molecule has 0 unspecified atom stereocenters. The van der Waals surface area contributed by atoms with Gasteiger partial charge in [0, 0.05) is 22.7 Å². The maximum atomic E-state index is 11.7. The van der Waals surface area contributed by atoms with E-state index in [1.807, 2.05) is 20.8 Å². The molecule has 94 valence electrons. The smallest absolute Gasteiger partial charge is 0.223 e. The van der Waals surface area contributed by atoms with Crippen molar-refractivity contribution in [3.8, 4) is 0 Å². The minimum Gasteiger partial charge on any atom is -0.302 e. The molecule has 1 rings (SSSR count). The lowest BCUT2D eigenvalue weighted by atomic mass is 10.3. The van der Waals surface area contributed by atoms with Crippen molar-refractivity contribution in [1.82, 2.24) is 4.98 Å². The Morgan fingerprint density at radius 1 is 1.47 bits per heavy atom. The van der Waals surface area contributed by atoms with Crippen molar-refractivity contribution in [3.05, 3.63) is 11.1 Å². The molecular weight excluding hydrogens is 256 g/mol. The average Bonchev–Trinajstić information content (AvgIpc) is 2.46. The van der Waals surface area contributed by atoms with Crippen molar-refractivity contribution >= 4 is 39.3 Å². The maximum Gasteiger partial charge on any atom is 0.223 e. The van der Waals surface area contributed by atoms with E-state index in [1.54, 1.807) is 6.20 Å². The first kappa shape index (κ1) is 14.2. The second kappa shape index (κ2) is 5.64. The van der Waals surface area contributed by atoms with Gasteiger partial charge in [-0.15, -0.1) is 11.3 Å². The van der Waals surface area contributed by atoms with Crippen molar-refractivity contribution in [2.75, 3.05) is 5.32 Å². The molecule has 0 spiro atoms. The van der Waals surface area contributed by atoms with Gasteiger partial charge < -0.3 is 5.32 Å². The van der Waals surface area contributed by atoms with Crippen LogP contribution in [0.4, 0.5) is 5.13 Å². The fraction of sp³-hybridized carbons (Fsp3) is 0.545. The minimum atomic E-state index is -0.152. The molecule has 0 fully saturated rings. The number of aromatic nitrogens is 1. The Kier molecular flexibility index (Phi) is 4.70. The van der Waals surface area contributed by atoms with Gasteiger partial charge in [-0.25, -0.2) is 4.98 Å². The maximum absolute atomic E-state index is 11.7. The van der Waals surface area contributed by atoms with Crippen LogP contribution >= 0.6 is 23.1 Å². The number of amides is 1. The van der Waals surface area contributed by atoms with Gasteiger partial charge in [0.1, 0.15) is 0 Å². The van der Waals surface area contributed by atoms with E-state index in [4.69, 9.17) is 0 Å². The third kappa shape index (κ3) is 5.83. The summed E-state index contributed by atoms with van der Waals surface area (Å²) < 4.78 is -0.0672. The first-order chi connectivity index (χ1) is 7.76. The molecule has 0 radical (unpaired) electrons. The van der Waals surface area contributed by atoms with E-state index in [1.165, 1.54) is 30.0 Å². The van der Waals surface area contributed by atoms with Gasteiger partial charge in [0.05, 0.1) is 6.42 Å². The molecule has 1 N–H and O–H groups in total. The van der Waals surface area contributed by atoms with Crippen molar-refractivity contribution in [2.24, 2.45) is 0 Å². The molecule has 0 aliphatic carbocycles. The Bertz CT molecular complexity index is 421. The van der Waals surface area contributed by atoms with Gasteiger partial charge in [0.2, 0.25) is 5.91 Å². The van der Waals surface area contributed by atoms with E-state index in [-0.39, 0.29) is 15.8 Å². The standard InChI is InChI=1S/C11H16N2O2S2/c1-7(14)13-10-12-6-8(16-10)5-9(15)17-11(2,3)4/h6H,5H2,1-4H3,(H,12,13,14). The quantitative estimate of drug-likeness (QED) is 0.919. The molecule has 17 heavy (non-hydrogen) atoms. The Balaban J connectivity index is 2.55. The highest BCUT2D eigenvalue weighted by molar-refractivity contribution is 8.14. The predicted molar refractivity (Wildman–Crippen MR) is 72.5 cm³/mol. The van der Waals surface area contributed by atoms with Crippen LogP contribution in [0.3, 0.4) is 0 Å². The van der Waals surface area contributed by atoms with Gasteiger partial charge in [-0.05, 0) is 0 Å². The first-order valence-electron chi connectivity index (χ1n) is 5.20. The molecule has 0 aromatic carbocycles. The highest BCUT2D eigenvalue weighted by atomic mass is 32.2. The number of hydrogen-bond donors (Lipinski definition) is 1. The lowest BCUT2D eigenvalue weighted by Gasteiger charge is -2.15. The normalized spacial score (nSPS) is 11.3. The molecule has 4 nitrogen and oxygen atoms in total. The van der Waals surface area contributed by atoms with Crippen molar-refractivity contribution in [2.45, 2.75) is 38.9 Å². The minimum absolute atomic E-state index is 0.0672. The third-order valence-electron chi connectivity index (χ3n) is 1.58. The topological polar surface area (TPSA) is 59.1 Å². The van der Waals surface area contributed by atoms with Gasteiger partial charge in [0.25, 0.3) is 0 Å². The van der Waals surface area contributed by atoms with Crippen LogP contribution in [0.5, 0.6) is 0 Å². The summed E-state index contributed by atoms with van der Waals surface area (Å²) in [7, 11) is 0. The third-order valence-corrected chi connectivity index (χ3v) is 3.47. The highest BCUT2D eigenvalue weighted by Gasteiger charge is 2.17. The number of thioether (sulfide) groups is 1. The van der Waals surface area contributed by atoms with E-state index in [0.717, 1.165) is 4.88 Å². The molecule has 0 saturated heterocycles. The molecule has 0 atom stereocenters. The second-order valence-electron chi connectivity index (χ2n) is 4.58. The van der Waals surface area contributed by atoms with Crippen molar-refractivity contribution in [3.63, 3.8) is 0 Å². The summed E-state index contributed by atoms with van der Waals surface area (Å²) in [5.74, 6) is -0.152. The molecular formula is C11H16N2O2S2. The molecule has 1 aromatic heterocycles. The van der Waals surface area contributed by atoms with Crippen LogP contribution in [0.2, 0.25) is 0 Å². The predicted octanol–water partition coefficient (Wildman–Crippen LogP) is 2.70. The number of thiazole rings is 1. The number of nitrogens with zero attached hydrogens (tertiary/aromatic N) is 1. The number of carbonyl (C=O) groups is 2. The largest absolute Gasteiger partial charge is 0.302 e. The van der Waals surface area contributed by atoms with E-state index in [0.29, 0.717) is 11.6 Å². The Hall–Kier alpha value is -0.880. The van der Waals surface area contributed by atoms with E-state index in [9.17, 15) is 9.59 Å². The van der Waals surface area contributed by atoms with Crippen LogP contribution in [0, 0.1) is 0 Å². The molecule has 6 heteroatoms. The zero-order valence-electron chi connectivity index (χ0n) is 10.4. The molecule has 1 amide bonds. The molecule has 0 aliphatic heterocycles. The molecule has 1 aromatic rings. The monoisotopic (exact) mass is 272 g/mol. The Morgan fingerprint density at radius 2 is 2.12 bits per heavy atom. The van der Waals surface area contributed by atoms with Gasteiger partial charge in [-0.2, -0.15) is 0 Å². The van der Waals surface area contributed by atoms with Crippen LogP contribution in [-0.4, -0.2) is 20.8 Å². The van der Waals surface area contributed by atoms with Gasteiger partial charge in [-0.3, -0.25) is 9.59 Å². The summed E-state index contributed by atoms with van der Waals surface area (Å²) >= 11 is 2.67. The summed E-state index contributed by atoms with van der Waals surface area (Å²) in [5.41, 5.74) is 0. The molecule has 0 aliphatic rings. The summed E-state index contributed by atoms with van der Waals surface area (Å²) in [6.07, 6.45) is 2.00. The molecule has 1 heterocycles. The zero-order chi connectivity index (χ0) is 13.1. The number of rotatable bonds is 3. The Morgan fingerprint density at radius 3 is 2.65 bits per heavy atom. The van der Waals surface area contributed by atoms with Gasteiger partial charge >= 0.3 is 0 Å². The lowest BCUT2D eigenvalue weighted by Crippen LogP contribution is -2.12. The first-order valence-corrected chi connectivity index (χ1v) is 6.84. The van der Waals surface area contributed by atoms with E-state index < -0.39 is 0 Å². The zero-order valence-corrected chi connectivity index (χ0v) is 12.0. The lowest BCUT2D eigenvalue weighted by molar-refractivity contribution is -0.114. The van der Waals surface area contributed by atoms with Crippen molar-refractivity contribution < 1.29 is 9.59 Å². The number of hydrogen-bond acceptors (Lipinski definition) is 5. The van der Waals surface area contributed by atoms with Crippen LogP contribution in [0.1, 0.15) is 32.6 Å². The summed E-state index contributed by atoms with van der Waals surface area (Å²) in [4.78, 5) is 27.4. The molecule has 0 bridgehead atoms. The van der Waals surface area contributed by atoms with Crippen LogP contribution in [0.25, 0.3) is 0 Å². The second-order valence-corrected chi connectivity index (χ2v) is 7.58. The highest BCUT2D eigenvalue weighted by Crippen LogP contribution is 2.27. The number of nitrogens with one attached hydrogen (secondary N) is 1. The van der Waals surface area contributed by atoms with Gasteiger partial charge in [-0.1, -0.05) is 32.5 Å². The average molecular weight is 272 g/mol. The van der Waals surface area contributed by atoms with Gasteiger partial charge in [0.15, 0.2) is 10.2 Å². The summed E-state index contributed by atoms with van der Waals surface area (Å²) in [5, 5.41) is 3.26. The van der Waals surface area contributed by atoms with Crippen LogP contribution in [0.15, 0.2) is 6.20 Å². The fourth-order valence-electron chi connectivity index (χ4n) is 1.12. The molecule has 0 saturated carbocycles. The number of carbonyl (C=O) groups excluding carboxylic acids is 2. The number of anilines is 1. The van der Waals surface area contributed by atoms with Crippen LogP contribution in [-0.2, 0) is 16.0 Å². The fourth-order valence-corrected chi connectivity index (χ4v) is 2.98. The van der Waals surface area contributed by atoms with E-state index in [2.05, 4.69) is 10.3 Å². The Labute approximate surface area is 109 Å². The summed E-state index contributed by atoms with van der Waals surface area (Å²) in [6, 6.07) is 0. The van der Waals surface area contributed by atoms with Crippen LogP contribution < -0.4 is 5.32 Å².